The van der Waals surface area contributed by atoms with Crippen molar-refractivity contribution in [1.82, 2.24) is 0 Å². The zero-order valence-corrected chi connectivity index (χ0v) is 12.9. The van der Waals surface area contributed by atoms with E-state index in [4.69, 9.17) is 0 Å². The van der Waals surface area contributed by atoms with Gasteiger partial charge in [0.1, 0.15) is 0 Å². The number of hydrogen-bond donors (Lipinski definition) is 0. The van der Waals surface area contributed by atoms with Crippen molar-refractivity contribution in [2.45, 2.75) is 98.3 Å². The van der Waals surface area contributed by atoms with Gasteiger partial charge in [-0.15, -0.1) is 0 Å². The number of rotatable bonds is 12. The molecule has 0 radical (unpaired) electrons. The summed E-state index contributed by atoms with van der Waals surface area (Å²) in [5.74, 6) is 2.04. The zero-order valence-electron chi connectivity index (χ0n) is 12.9. The molecule has 1 atom stereocenters. The molecular weight excluding hydrogens is 204 g/mol. The number of unbranched alkanes of at least 4 members (excludes halogenated alkanes) is 3. The fourth-order valence-corrected chi connectivity index (χ4v) is 3.18. The average Bonchev–Trinajstić information content (AvgIpc) is 2.33. The summed E-state index contributed by atoms with van der Waals surface area (Å²) in [6.45, 7) is 9.36. The molecule has 0 rings (SSSR count). The van der Waals surface area contributed by atoms with Crippen LogP contribution in [0.4, 0.5) is 0 Å². The lowest BCUT2D eigenvalue weighted by atomic mass is 9.79. The molecular formula is C17H36. The van der Waals surface area contributed by atoms with Gasteiger partial charge in [0, 0.05) is 0 Å². The third kappa shape index (κ3) is 8.69. The smallest absolute Gasteiger partial charge is 0.0386 e. The van der Waals surface area contributed by atoms with Gasteiger partial charge in [-0.25, -0.2) is 0 Å². The molecule has 0 amide bonds. The summed E-state index contributed by atoms with van der Waals surface area (Å²) >= 11 is 0. The molecule has 0 bridgehead atoms. The quantitative estimate of drug-likeness (QED) is 0.338. The largest absolute Gasteiger partial charge is 0.0654 e. The fraction of sp³-hybridized carbons (Fsp3) is 1.00. The minimum Gasteiger partial charge on any atom is -0.0654 e. The van der Waals surface area contributed by atoms with E-state index in [2.05, 4.69) is 27.7 Å². The lowest BCUT2D eigenvalue weighted by molar-refractivity contribution is 0.250. The Morgan fingerprint density at radius 3 is 1.35 bits per heavy atom. The third-order valence-electron chi connectivity index (χ3n) is 4.07. The minimum absolute atomic E-state index is 1.02. The standard InChI is InChI=1S/C17H36/c1-5-9-10-11-15-17(14-8-4)16(12-6-2)13-7-3/h16-17H,5-15H2,1-4H3. The van der Waals surface area contributed by atoms with Crippen LogP contribution in [-0.4, -0.2) is 0 Å². The highest BCUT2D eigenvalue weighted by Gasteiger charge is 2.18. The molecule has 0 aromatic rings. The molecule has 0 aliphatic rings. The second-order valence-corrected chi connectivity index (χ2v) is 5.74. The lowest BCUT2D eigenvalue weighted by Gasteiger charge is -2.26. The Labute approximate surface area is 111 Å². The zero-order chi connectivity index (χ0) is 12.9. The Balaban J connectivity index is 4.04. The summed E-state index contributed by atoms with van der Waals surface area (Å²) in [6, 6.07) is 0. The monoisotopic (exact) mass is 240 g/mol. The van der Waals surface area contributed by atoms with Crippen molar-refractivity contribution in [2.24, 2.45) is 11.8 Å². The molecule has 0 heterocycles. The predicted octanol–water partition coefficient (Wildman–Crippen LogP) is 6.59. The van der Waals surface area contributed by atoms with E-state index >= 15 is 0 Å². The maximum absolute atomic E-state index is 2.36. The summed E-state index contributed by atoms with van der Waals surface area (Å²) < 4.78 is 0. The lowest BCUT2D eigenvalue weighted by Crippen LogP contribution is -2.15. The highest BCUT2D eigenvalue weighted by atomic mass is 14.2. The molecule has 0 saturated heterocycles. The summed E-state index contributed by atoms with van der Waals surface area (Å²) in [4.78, 5) is 0. The molecule has 0 aromatic heterocycles. The first-order valence-electron chi connectivity index (χ1n) is 8.29. The first kappa shape index (κ1) is 17.0. The van der Waals surface area contributed by atoms with E-state index in [0.29, 0.717) is 0 Å². The van der Waals surface area contributed by atoms with Gasteiger partial charge >= 0.3 is 0 Å². The van der Waals surface area contributed by atoms with Gasteiger partial charge in [-0.2, -0.15) is 0 Å². The topological polar surface area (TPSA) is 0 Å². The molecule has 1 unspecified atom stereocenters. The van der Waals surface area contributed by atoms with Crippen LogP contribution in [0.5, 0.6) is 0 Å². The molecule has 0 nitrogen and oxygen atoms in total. The van der Waals surface area contributed by atoms with E-state index in [1.165, 1.54) is 70.6 Å². The van der Waals surface area contributed by atoms with Gasteiger partial charge < -0.3 is 0 Å². The van der Waals surface area contributed by atoms with E-state index < -0.39 is 0 Å². The molecule has 0 fully saturated rings. The Bertz CT molecular complexity index is 133. The van der Waals surface area contributed by atoms with Crippen molar-refractivity contribution in [3.05, 3.63) is 0 Å². The summed E-state index contributed by atoms with van der Waals surface area (Å²) in [5, 5.41) is 0. The first-order valence-corrected chi connectivity index (χ1v) is 8.29. The van der Waals surface area contributed by atoms with Crippen LogP contribution in [0.25, 0.3) is 0 Å². The van der Waals surface area contributed by atoms with Crippen LogP contribution < -0.4 is 0 Å². The summed E-state index contributed by atoms with van der Waals surface area (Å²) in [6.07, 6.45) is 15.8. The van der Waals surface area contributed by atoms with E-state index in [9.17, 15) is 0 Å². The summed E-state index contributed by atoms with van der Waals surface area (Å²) in [7, 11) is 0. The molecule has 0 aliphatic carbocycles. The van der Waals surface area contributed by atoms with E-state index in [-0.39, 0.29) is 0 Å². The Hall–Kier alpha value is 0. The van der Waals surface area contributed by atoms with Gasteiger partial charge in [-0.1, -0.05) is 98.3 Å². The predicted molar refractivity (Wildman–Crippen MR) is 80.5 cm³/mol. The van der Waals surface area contributed by atoms with E-state index in [1.807, 2.05) is 0 Å². The fourth-order valence-electron chi connectivity index (χ4n) is 3.18. The highest BCUT2D eigenvalue weighted by Crippen LogP contribution is 2.31. The normalized spacial score (nSPS) is 13.2. The van der Waals surface area contributed by atoms with Gasteiger partial charge in [0.25, 0.3) is 0 Å². The Kier molecular flexibility index (Phi) is 12.5. The van der Waals surface area contributed by atoms with Crippen molar-refractivity contribution in [3.8, 4) is 0 Å². The molecule has 0 aliphatic heterocycles. The highest BCUT2D eigenvalue weighted by molar-refractivity contribution is 4.70. The van der Waals surface area contributed by atoms with Crippen molar-refractivity contribution in [3.63, 3.8) is 0 Å². The molecule has 0 N–H and O–H groups in total. The maximum Gasteiger partial charge on any atom is -0.0386 e. The average molecular weight is 240 g/mol. The maximum atomic E-state index is 2.36. The Morgan fingerprint density at radius 1 is 0.471 bits per heavy atom. The Morgan fingerprint density at radius 2 is 0.941 bits per heavy atom. The molecule has 0 aromatic carbocycles. The van der Waals surface area contributed by atoms with Crippen molar-refractivity contribution in [2.75, 3.05) is 0 Å². The van der Waals surface area contributed by atoms with Gasteiger partial charge in [-0.3, -0.25) is 0 Å². The number of hydrogen-bond acceptors (Lipinski definition) is 0. The summed E-state index contributed by atoms with van der Waals surface area (Å²) in [5.41, 5.74) is 0. The second kappa shape index (κ2) is 12.5. The molecule has 17 heavy (non-hydrogen) atoms. The molecule has 0 spiro atoms. The van der Waals surface area contributed by atoms with E-state index in [1.54, 1.807) is 0 Å². The molecule has 0 heteroatoms. The van der Waals surface area contributed by atoms with Crippen LogP contribution in [0, 0.1) is 11.8 Å². The molecule has 104 valence electrons. The van der Waals surface area contributed by atoms with Crippen LogP contribution in [0.1, 0.15) is 98.3 Å². The third-order valence-corrected chi connectivity index (χ3v) is 4.07. The van der Waals surface area contributed by atoms with Crippen LogP contribution in [0.2, 0.25) is 0 Å². The van der Waals surface area contributed by atoms with Crippen molar-refractivity contribution >= 4 is 0 Å². The van der Waals surface area contributed by atoms with Gasteiger partial charge in [0.15, 0.2) is 0 Å². The first-order chi connectivity index (χ1) is 8.29. The van der Waals surface area contributed by atoms with Crippen LogP contribution in [0.3, 0.4) is 0 Å². The van der Waals surface area contributed by atoms with Crippen molar-refractivity contribution < 1.29 is 0 Å². The van der Waals surface area contributed by atoms with Gasteiger partial charge in [0.05, 0.1) is 0 Å². The second-order valence-electron chi connectivity index (χ2n) is 5.74. The van der Waals surface area contributed by atoms with Gasteiger partial charge in [-0.05, 0) is 11.8 Å². The van der Waals surface area contributed by atoms with Crippen LogP contribution >= 0.6 is 0 Å². The minimum atomic E-state index is 1.02. The van der Waals surface area contributed by atoms with Crippen LogP contribution in [-0.2, 0) is 0 Å². The van der Waals surface area contributed by atoms with Crippen LogP contribution in [0.15, 0.2) is 0 Å². The van der Waals surface area contributed by atoms with Gasteiger partial charge in [0.2, 0.25) is 0 Å². The SMILES string of the molecule is CCCCCCC(CCC)C(CCC)CCC. The van der Waals surface area contributed by atoms with Crippen molar-refractivity contribution in [1.29, 1.82) is 0 Å². The molecule has 0 saturated carbocycles. The van der Waals surface area contributed by atoms with E-state index in [0.717, 1.165) is 11.8 Å².